The summed E-state index contributed by atoms with van der Waals surface area (Å²) >= 11 is 6.09. The van der Waals surface area contributed by atoms with Gasteiger partial charge in [0.2, 0.25) is 5.91 Å². The predicted molar refractivity (Wildman–Crippen MR) is 106 cm³/mol. The third-order valence-electron chi connectivity index (χ3n) is 3.87. The summed E-state index contributed by atoms with van der Waals surface area (Å²) in [6, 6.07) is 13.8. The van der Waals surface area contributed by atoms with Crippen LogP contribution in [0.4, 0.5) is 11.4 Å². The van der Waals surface area contributed by atoms with Crippen molar-refractivity contribution in [3.63, 3.8) is 0 Å². The van der Waals surface area contributed by atoms with Crippen molar-refractivity contribution in [3.05, 3.63) is 70.6 Å². The van der Waals surface area contributed by atoms with Crippen LogP contribution in [-0.2, 0) is 11.4 Å². The molecule has 7 nitrogen and oxygen atoms in total. The average Bonchev–Trinajstić information content (AvgIpc) is 3.03. The van der Waals surface area contributed by atoms with Crippen molar-refractivity contribution in [2.45, 2.75) is 20.5 Å². The first-order chi connectivity index (χ1) is 13.4. The van der Waals surface area contributed by atoms with E-state index < -0.39 is 5.91 Å². The van der Waals surface area contributed by atoms with Gasteiger partial charge in [0.25, 0.3) is 5.91 Å². The number of ether oxygens (including phenoxy) is 1. The van der Waals surface area contributed by atoms with Crippen molar-refractivity contribution in [2.75, 3.05) is 10.6 Å². The standard InChI is InChI=1S/C20H18ClN3O4/c1-12-16(11-27-18-6-4-3-5-17(18)21)19(24-28-12)20(26)23-15-9-7-14(8-10-15)22-13(2)25/h3-10H,11H2,1-2H3,(H,22,25)(H,23,26). The van der Waals surface area contributed by atoms with Crippen LogP contribution in [0.15, 0.2) is 53.1 Å². The maximum absolute atomic E-state index is 12.6. The maximum Gasteiger partial charge on any atom is 0.278 e. The Morgan fingerprint density at radius 2 is 1.71 bits per heavy atom. The topological polar surface area (TPSA) is 93.5 Å². The largest absolute Gasteiger partial charge is 0.487 e. The van der Waals surface area contributed by atoms with E-state index in [2.05, 4.69) is 15.8 Å². The van der Waals surface area contributed by atoms with Gasteiger partial charge >= 0.3 is 0 Å². The molecule has 1 aromatic heterocycles. The van der Waals surface area contributed by atoms with Crippen molar-refractivity contribution in [1.82, 2.24) is 5.16 Å². The van der Waals surface area contributed by atoms with E-state index in [0.717, 1.165) is 0 Å². The SMILES string of the molecule is CC(=O)Nc1ccc(NC(=O)c2noc(C)c2COc2ccccc2Cl)cc1. The lowest BCUT2D eigenvalue weighted by Gasteiger charge is -2.09. The molecule has 3 rings (SSSR count). The summed E-state index contributed by atoms with van der Waals surface area (Å²) in [7, 11) is 0. The van der Waals surface area contributed by atoms with E-state index in [1.54, 1.807) is 55.5 Å². The molecule has 2 N–H and O–H groups in total. The quantitative estimate of drug-likeness (QED) is 0.639. The first-order valence-corrected chi connectivity index (χ1v) is 8.83. The Morgan fingerprint density at radius 3 is 2.36 bits per heavy atom. The molecule has 8 heteroatoms. The summed E-state index contributed by atoms with van der Waals surface area (Å²) in [5, 5.41) is 9.73. The number of amides is 2. The van der Waals surface area contributed by atoms with Gasteiger partial charge in [-0.1, -0.05) is 28.9 Å². The van der Waals surface area contributed by atoms with Gasteiger partial charge in [-0.05, 0) is 43.3 Å². The summed E-state index contributed by atoms with van der Waals surface area (Å²) in [6.07, 6.45) is 0. The van der Waals surface area contributed by atoms with Crippen molar-refractivity contribution < 1.29 is 18.8 Å². The number of halogens is 1. The number of nitrogens with zero attached hydrogens (tertiary/aromatic N) is 1. The number of aromatic nitrogens is 1. The Hall–Kier alpha value is -3.32. The molecule has 0 aliphatic heterocycles. The molecule has 2 aromatic carbocycles. The second kappa shape index (κ2) is 8.58. The van der Waals surface area contributed by atoms with Crippen LogP contribution in [0, 0.1) is 6.92 Å². The summed E-state index contributed by atoms with van der Waals surface area (Å²) in [4.78, 5) is 23.7. The monoisotopic (exact) mass is 399 g/mol. The lowest BCUT2D eigenvalue weighted by atomic mass is 10.2. The minimum Gasteiger partial charge on any atom is -0.487 e. The molecule has 0 bridgehead atoms. The fourth-order valence-corrected chi connectivity index (χ4v) is 2.67. The van der Waals surface area contributed by atoms with Crippen molar-refractivity contribution in [3.8, 4) is 5.75 Å². The first-order valence-electron chi connectivity index (χ1n) is 8.45. The molecular formula is C20H18ClN3O4. The van der Waals surface area contributed by atoms with Crippen LogP contribution < -0.4 is 15.4 Å². The van der Waals surface area contributed by atoms with Crippen LogP contribution in [0.5, 0.6) is 5.75 Å². The summed E-state index contributed by atoms with van der Waals surface area (Å²) in [5.74, 6) is 0.391. The third kappa shape index (κ3) is 4.69. The fraction of sp³-hybridized carbons (Fsp3) is 0.150. The predicted octanol–water partition coefficient (Wildman–Crippen LogP) is 4.43. The number of hydrogen-bond donors (Lipinski definition) is 2. The summed E-state index contributed by atoms with van der Waals surface area (Å²) < 4.78 is 10.9. The molecule has 0 atom stereocenters. The third-order valence-corrected chi connectivity index (χ3v) is 4.18. The van der Waals surface area contributed by atoms with Crippen LogP contribution in [0.3, 0.4) is 0 Å². The number of nitrogens with one attached hydrogen (secondary N) is 2. The number of carbonyl (C=O) groups is 2. The van der Waals surface area contributed by atoms with Crippen molar-refractivity contribution >= 4 is 34.8 Å². The highest BCUT2D eigenvalue weighted by Crippen LogP contribution is 2.25. The maximum atomic E-state index is 12.6. The first kappa shape index (κ1) is 19.4. The number of hydrogen-bond acceptors (Lipinski definition) is 5. The van der Waals surface area contributed by atoms with Crippen LogP contribution >= 0.6 is 11.6 Å². The average molecular weight is 400 g/mol. The van der Waals surface area contributed by atoms with E-state index in [1.807, 2.05) is 0 Å². The highest BCUT2D eigenvalue weighted by molar-refractivity contribution is 6.32. The van der Waals surface area contributed by atoms with Crippen LogP contribution in [0.25, 0.3) is 0 Å². The zero-order valence-corrected chi connectivity index (χ0v) is 16.0. The van der Waals surface area contributed by atoms with Gasteiger partial charge in [-0.15, -0.1) is 0 Å². The van der Waals surface area contributed by atoms with E-state index in [1.165, 1.54) is 6.92 Å². The lowest BCUT2D eigenvalue weighted by Crippen LogP contribution is -2.15. The molecule has 0 unspecified atom stereocenters. The summed E-state index contributed by atoms with van der Waals surface area (Å²) in [6.45, 7) is 3.22. The van der Waals surface area contributed by atoms with Crippen LogP contribution in [0.2, 0.25) is 5.02 Å². The zero-order valence-electron chi connectivity index (χ0n) is 15.3. The number of para-hydroxylation sites is 1. The van der Waals surface area contributed by atoms with E-state index in [9.17, 15) is 9.59 Å². The van der Waals surface area contributed by atoms with Gasteiger partial charge in [0.15, 0.2) is 5.69 Å². The molecule has 1 heterocycles. The van der Waals surface area contributed by atoms with Crippen molar-refractivity contribution in [1.29, 1.82) is 0 Å². The Kier molecular flexibility index (Phi) is 5.96. The van der Waals surface area contributed by atoms with Crippen molar-refractivity contribution in [2.24, 2.45) is 0 Å². The minimum atomic E-state index is -0.429. The molecule has 144 valence electrons. The molecule has 0 saturated carbocycles. The number of carbonyl (C=O) groups excluding carboxylic acids is 2. The lowest BCUT2D eigenvalue weighted by molar-refractivity contribution is -0.114. The Labute approximate surface area is 166 Å². The van der Waals surface area contributed by atoms with E-state index in [-0.39, 0.29) is 18.2 Å². The molecular weight excluding hydrogens is 382 g/mol. The Bertz CT molecular complexity index is 999. The normalized spacial score (nSPS) is 10.4. The molecule has 0 aliphatic carbocycles. The number of anilines is 2. The highest BCUT2D eigenvalue weighted by atomic mass is 35.5. The van der Waals surface area contributed by atoms with Crippen LogP contribution in [0.1, 0.15) is 28.7 Å². The smallest absolute Gasteiger partial charge is 0.278 e. The second-order valence-electron chi connectivity index (χ2n) is 6.00. The number of benzene rings is 2. The molecule has 2 amide bonds. The van der Waals surface area contributed by atoms with E-state index in [0.29, 0.717) is 33.5 Å². The molecule has 3 aromatic rings. The van der Waals surface area contributed by atoms with Gasteiger partial charge in [0.1, 0.15) is 18.1 Å². The van der Waals surface area contributed by atoms with E-state index in [4.69, 9.17) is 20.9 Å². The van der Waals surface area contributed by atoms with Gasteiger partial charge in [-0.3, -0.25) is 9.59 Å². The Balaban J connectivity index is 1.70. The van der Waals surface area contributed by atoms with Gasteiger partial charge < -0.3 is 19.9 Å². The Morgan fingerprint density at radius 1 is 1.07 bits per heavy atom. The second-order valence-corrected chi connectivity index (χ2v) is 6.40. The van der Waals surface area contributed by atoms with E-state index >= 15 is 0 Å². The summed E-state index contributed by atoms with van der Waals surface area (Å²) in [5.41, 5.74) is 1.86. The van der Waals surface area contributed by atoms with Gasteiger partial charge in [0, 0.05) is 18.3 Å². The number of rotatable bonds is 6. The number of aryl methyl sites for hydroxylation is 1. The molecule has 0 spiro atoms. The highest BCUT2D eigenvalue weighted by Gasteiger charge is 2.21. The minimum absolute atomic E-state index is 0.0866. The van der Waals surface area contributed by atoms with Gasteiger partial charge in [-0.25, -0.2) is 0 Å². The zero-order chi connectivity index (χ0) is 20.1. The molecule has 28 heavy (non-hydrogen) atoms. The van der Waals surface area contributed by atoms with Crippen LogP contribution in [-0.4, -0.2) is 17.0 Å². The molecule has 0 aliphatic rings. The fourth-order valence-electron chi connectivity index (χ4n) is 2.48. The van der Waals surface area contributed by atoms with Gasteiger partial charge in [0.05, 0.1) is 10.6 Å². The molecule has 0 saturated heterocycles. The van der Waals surface area contributed by atoms with Gasteiger partial charge in [-0.2, -0.15) is 0 Å². The molecule has 0 radical (unpaired) electrons. The molecule has 0 fully saturated rings.